The van der Waals surface area contributed by atoms with Crippen molar-refractivity contribution in [1.29, 1.82) is 0 Å². The van der Waals surface area contributed by atoms with Crippen molar-refractivity contribution in [3.8, 4) is 0 Å². The summed E-state index contributed by atoms with van der Waals surface area (Å²) in [7, 11) is 1.41. The number of benzene rings is 2. The summed E-state index contributed by atoms with van der Waals surface area (Å²) in [6.45, 7) is 0. The van der Waals surface area contributed by atoms with Gasteiger partial charge in [-0.25, -0.2) is 17.6 Å². The van der Waals surface area contributed by atoms with Crippen molar-refractivity contribution in [2.24, 2.45) is 0 Å². The summed E-state index contributed by atoms with van der Waals surface area (Å²) >= 11 is 0. The van der Waals surface area contributed by atoms with Gasteiger partial charge in [0, 0.05) is 7.05 Å². The van der Waals surface area contributed by atoms with Crippen molar-refractivity contribution in [2.75, 3.05) is 17.7 Å². The highest BCUT2D eigenvalue weighted by Gasteiger charge is 2.18. The van der Waals surface area contributed by atoms with Crippen molar-refractivity contribution in [3.63, 3.8) is 0 Å². The third-order valence-corrected chi connectivity index (χ3v) is 2.79. The zero-order valence-corrected chi connectivity index (χ0v) is 10.8. The summed E-state index contributed by atoms with van der Waals surface area (Å²) < 4.78 is 52.9. The van der Waals surface area contributed by atoms with E-state index in [9.17, 15) is 22.4 Å². The molecule has 2 rings (SSSR count). The summed E-state index contributed by atoms with van der Waals surface area (Å²) in [5.41, 5.74) is -0.718. The number of anilines is 2. The van der Waals surface area contributed by atoms with E-state index in [1.54, 1.807) is 0 Å². The fourth-order valence-corrected chi connectivity index (χ4v) is 1.78. The van der Waals surface area contributed by atoms with Crippen molar-refractivity contribution in [2.45, 2.75) is 0 Å². The molecule has 0 unspecified atom stereocenters. The van der Waals surface area contributed by atoms with Gasteiger partial charge in [-0.05, 0) is 24.3 Å². The Morgan fingerprint density at radius 3 is 2.33 bits per heavy atom. The van der Waals surface area contributed by atoms with Crippen molar-refractivity contribution in [3.05, 3.63) is 59.2 Å². The quantitative estimate of drug-likeness (QED) is 0.672. The fourth-order valence-electron chi connectivity index (χ4n) is 1.78. The molecule has 0 saturated carbocycles. The van der Waals surface area contributed by atoms with Gasteiger partial charge in [-0.1, -0.05) is 6.07 Å². The van der Waals surface area contributed by atoms with Gasteiger partial charge in [-0.3, -0.25) is 4.79 Å². The minimum atomic E-state index is -1.69. The number of hydrogen-bond donors (Lipinski definition) is 2. The maximum atomic E-state index is 13.5. The highest BCUT2D eigenvalue weighted by atomic mass is 19.2. The van der Waals surface area contributed by atoms with Crippen LogP contribution >= 0.6 is 0 Å². The van der Waals surface area contributed by atoms with Crippen LogP contribution in [0.1, 0.15) is 10.4 Å². The van der Waals surface area contributed by atoms with E-state index in [0.29, 0.717) is 6.07 Å². The number of nitrogens with one attached hydrogen (secondary N) is 2. The molecule has 0 saturated heterocycles. The van der Waals surface area contributed by atoms with Crippen LogP contribution in [0.2, 0.25) is 0 Å². The van der Waals surface area contributed by atoms with E-state index < -0.39 is 34.9 Å². The van der Waals surface area contributed by atoms with Gasteiger partial charge in [0.05, 0.1) is 16.9 Å². The van der Waals surface area contributed by atoms with Gasteiger partial charge in [-0.15, -0.1) is 0 Å². The zero-order valence-electron chi connectivity index (χ0n) is 10.8. The molecule has 3 nitrogen and oxygen atoms in total. The zero-order chi connectivity index (χ0) is 15.6. The standard InChI is InChI=1S/C14H10F4N2O/c1-19-13-7(3-2-4-9(13)16)14(21)20-10-6-5-8(15)11(17)12(10)18/h2-6,19H,1H3,(H,20,21). The number of para-hydroxylation sites is 1. The SMILES string of the molecule is CNc1c(F)cccc1C(=O)Nc1ccc(F)c(F)c1F. The lowest BCUT2D eigenvalue weighted by Crippen LogP contribution is -2.16. The normalized spacial score (nSPS) is 10.3. The number of hydrogen-bond acceptors (Lipinski definition) is 2. The van der Waals surface area contributed by atoms with Crippen LogP contribution in [0.15, 0.2) is 30.3 Å². The second-order valence-corrected chi connectivity index (χ2v) is 4.09. The number of carbonyl (C=O) groups is 1. The topological polar surface area (TPSA) is 41.1 Å². The maximum absolute atomic E-state index is 13.5. The molecule has 2 aromatic carbocycles. The van der Waals surface area contributed by atoms with Gasteiger partial charge in [0.15, 0.2) is 17.5 Å². The summed E-state index contributed by atoms with van der Waals surface area (Å²) in [6.07, 6.45) is 0. The molecule has 0 aliphatic carbocycles. The van der Waals surface area contributed by atoms with Crippen LogP contribution in [-0.4, -0.2) is 13.0 Å². The molecule has 0 spiro atoms. The van der Waals surface area contributed by atoms with E-state index in [1.807, 2.05) is 0 Å². The van der Waals surface area contributed by atoms with Crippen LogP contribution in [0.3, 0.4) is 0 Å². The van der Waals surface area contributed by atoms with E-state index in [1.165, 1.54) is 19.2 Å². The van der Waals surface area contributed by atoms with Gasteiger partial charge < -0.3 is 10.6 Å². The van der Waals surface area contributed by atoms with E-state index in [4.69, 9.17) is 0 Å². The van der Waals surface area contributed by atoms with Gasteiger partial charge >= 0.3 is 0 Å². The summed E-state index contributed by atoms with van der Waals surface area (Å²) in [5.74, 6) is -6.11. The van der Waals surface area contributed by atoms with Crippen molar-refractivity contribution < 1.29 is 22.4 Å². The molecular weight excluding hydrogens is 288 g/mol. The van der Waals surface area contributed by atoms with E-state index in [-0.39, 0.29) is 11.3 Å². The average Bonchev–Trinajstić information content (AvgIpc) is 2.47. The lowest BCUT2D eigenvalue weighted by atomic mass is 10.1. The first-order valence-corrected chi connectivity index (χ1v) is 5.86. The molecule has 21 heavy (non-hydrogen) atoms. The van der Waals surface area contributed by atoms with Gasteiger partial charge in [0.1, 0.15) is 5.82 Å². The van der Waals surface area contributed by atoms with Gasteiger partial charge in [0.25, 0.3) is 5.91 Å². The van der Waals surface area contributed by atoms with E-state index in [0.717, 1.165) is 12.1 Å². The van der Waals surface area contributed by atoms with Gasteiger partial charge in [-0.2, -0.15) is 0 Å². The molecule has 2 aromatic rings. The van der Waals surface area contributed by atoms with E-state index in [2.05, 4.69) is 10.6 Å². The molecule has 1 amide bonds. The summed E-state index contributed by atoms with van der Waals surface area (Å²) in [5, 5.41) is 4.57. The first-order chi connectivity index (χ1) is 9.95. The molecule has 2 N–H and O–H groups in total. The van der Waals surface area contributed by atoms with Crippen LogP contribution < -0.4 is 10.6 Å². The molecule has 110 valence electrons. The fraction of sp³-hybridized carbons (Fsp3) is 0.0714. The molecule has 0 fully saturated rings. The average molecular weight is 298 g/mol. The Labute approximate surface area is 117 Å². The Morgan fingerprint density at radius 2 is 1.67 bits per heavy atom. The predicted octanol–water partition coefficient (Wildman–Crippen LogP) is 3.54. The van der Waals surface area contributed by atoms with Gasteiger partial charge in [0.2, 0.25) is 0 Å². The second kappa shape index (κ2) is 5.82. The number of carbonyl (C=O) groups excluding carboxylic acids is 1. The van der Waals surface area contributed by atoms with E-state index >= 15 is 0 Å². The Morgan fingerprint density at radius 1 is 0.952 bits per heavy atom. The van der Waals surface area contributed by atoms with Crippen molar-refractivity contribution >= 4 is 17.3 Å². The third kappa shape index (κ3) is 2.81. The molecular formula is C14H10F4N2O. The molecule has 0 aliphatic rings. The smallest absolute Gasteiger partial charge is 0.257 e. The monoisotopic (exact) mass is 298 g/mol. The Hall–Kier alpha value is -2.57. The largest absolute Gasteiger partial charge is 0.385 e. The van der Waals surface area contributed by atoms with Crippen molar-refractivity contribution in [1.82, 2.24) is 0 Å². The summed E-state index contributed by atoms with van der Waals surface area (Å²) in [4.78, 5) is 12.0. The molecule has 0 radical (unpaired) electrons. The molecule has 0 aromatic heterocycles. The first kappa shape index (κ1) is 14.8. The minimum absolute atomic E-state index is 0.0852. The van der Waals surface area contributed by atoms with Crippen LogP contribution in [0.4, 0.5) is 28.9 Å². The molecule has 0 atom stereocenters. The van der Waals surface area contributed by atoms with Crippen LogP contribution in [0.5, 0.6) is 0 Å². The highest BCUT2D eigenvalue weighted by molar-refractivity contribution is 6.08. The number of rotatable bonds is 3. The molecule has 0 bridgehead atoms. The Balaban J connectivity index is 2.35. The lowest BCUT2D eigenvalue weighted by molar-refractivity contribution is 0.102. The molecule has 0 aliphatic heterocycles. The van der Waals surface area contributed by atoms with Crippen LogP contribution in [0, 0.1) is 23.3 Å². The predicted molar refractivity (Wildman–Crippen MR) is 70.2 cm³/mol. The second-order valence-electron chi connectivity index (χ2n) is 4.09. The molecule has 0 heterocycles. The number of halogens is 4. The lowest BCUT2D eigenvalue weighted by Gasteiger charge is -2.11. The maximum Gasteiger partial charge on any atom is 0.257 e. The Kier molecular flexibility index (Phi) is 4.11. The Bertz CT molecular complexity index is 704. The molecule has 7 heteroatoms. The summed E-state index contributed by atoms with van der Waals surface area (Å²) in [6, 6.07) is 5.30. The minimum Gasteiger partial charge on any atom is -0.385 e. The number of amides is 1. The first-order valence-electron chi connectivity index (χ1n) is 5.86. The van der Waals surface area contributed by atoms with Crippen LogP contribution in [0.25, 0.3) is 0 Å². The third-order valence-electron chi connectivity index (χ3n) is 2.79. The highest BCUT2D eigenvalue weighted by Crippen LogP contribution is 2.23. The van der Waals surface area contributed by atoms with Crippen LogP contribution in [-0.2, 0) is 0 Å².